The molecule has 0 radical (unpaired) electrons. The quantitative estimate of drug-likeness (QED) is 0.440. The van der Waals surface area contributed by atoms with Gasteiger partial charge >= 0.3 is 0 Å². The maximum Gasteiger partial charge on any atom is 0.275 e. The normalized spacial score (nSPS) is 20.5. The van der Waals surface area contributed by atoms with E-state index in [-0.39, 0.29) is 17.4 Å². The van der Waals surface area contributed by atoms with Gasteiger partial charge in [0.25, 0.3) is 14.0 Å². The lowest BCUT2D eigenvalue weighted by Gasteiger charge is -2.42. The summed E-state index contributed by atoms with van der Waals surface area (Å²) in [5, 5.41) is 25.1. The van der Waals surface area contributed by atoms with Gasteiger partial charge in [-0.15, -0.1) is 12.3 Å². The zero-order valence-corrected chi connectivity index (χ0v) is 18.9. The van der Waals surface area contributed by atoms with Gasteiger partial charge in [-0.3, -0.25) is 5.21 Å². The van der Waals surface area contributed by atoms with Gasteiger partial charge in [0.1, 0.15) is 12.7 Å². The van der Waals surface area contributed by atoms with E-state index < -0.39 is 26.4 Å². The lowest BCUT2D eigenvalue weighted by molar-refractivity contribution is -0.742. The maximum absolute atomic E-state index is 12.4. The number of benzene rings is 2. The van der Waals surface area contributed by atoms with Gasteiger partial charge in [0, 0.05) is 10.8 Å². The molecule has 3 rings (SSSR count). The summed E-state index contributed by atoms with van der Waals surface area (Å²) in [6, 6.07) is 20.3. The first-order valence-corrected chi connectivity index (χ1v) is 12.0. The van der Waals surface area contributed by atoms with Crippen LogP contribution >= 0.6 is 0 Å². The number of rotatable bonds is 6. The minimum absolute atomic E-state index is 0.0360. The third-order valence-electron chi connectivity index (χ3n) is 5.71. The van der Waals surface area contributed by atoms with Crippen molar-refractivity contribution in [3.05, 3.63) is 65.9 Å². The number of aliphatic hydroxyl groups is 1. The second-order valence-electron chi connectivity index (χ2n) is 8.67. The summed E-state index contributed by atoms with van der Waals surface area (Å²) in [5.74, 6) is 2.13. The van der Waals surface area contributed by atoms with Crippen LogP contribution in [0.1, 0.15) is 27.7 Å². The van der Waals surface area contributed by atoms with Crippen LogP contribution in [0.25, 0.3) is 0 Å². The van der Waals surface area contributed by atoms with Crippen LogP contribution in [0.5, 0.6) is 0 Å². The van der Waals surface area contributed by atoms with Crippen molar-refractivity contribution in [3.8, 4) is 12.3 Å². The summed E-state index contributed by atoms with van der Waals surface area (Å²) in [6.45, 7) is 8.18. The van der Waals surface area contributed by atoms with Crippen molar-refractivity contribution >= 4 is 24.4 Å². The molecule has 2 aromatic carbocycles. The highest BCUT2D eigenvalue weighted by molar-refractivity contribution is 6.99. The van der Waals surface area contributed by atoms with Gasteiger partial charge < -0.3 is 14.4 Å². The van der Waals surface area contributed by atoms with E-state index in [9.17, 15) is 10.3 Å². The van der Waals surface area contributed by atoms with Gasteiger partial charge in [0.15, 0.2) is 6.10 Å². The Labute approximate surface area is 179 Å². The fraction of sp³-hybridized carbons (Fsp3) is 0.375. The lowest BCUT2D eigenvalue weighted by Crippen LogP contribution is -2.67. The van der Waals surface area contributed by atoms with Crippen molar-refractivity contribution in [2.24, 2.45) is 5.92 Å². The van der Waals surface area contributed by atoms with Crippen LogP contribution in [-0.4, -0.2) is 42.9 Å². The molecule has 0 saturated carbocycles. The molecule has 5 nitrogen and oxygen atoms in total. The van der Waals surface area contributed by atoms with Crippen molar-refractivity contribution in [1.29, 1.82) is 0 Å². The van der Waals surface area contributed by atoms with Crippen molar-refractivity contribution in [3.63, 3.8) is 0 Å². The molecule has 0 aromatic heterocycles. The molecule has 1 heterocycles. The minimum atomic E-state index is -2.83. The molecule has 3 atom stereocenters. The van der Waals surface area contributed by atoms with Gasteiger partial charge in [-0.2, -0.15) is 0 Å². The van der Waals surface area contributed by atoms with Crippen LogP contribution in [0.15, 0.2) is 60.7 Å². The summed E-state index contributed by atoms with van der Waals surface area (Å²) in [7, 11) is -2.83. The Hall–Kier alpha value is -2.59. The van der Waals surface area contributed by atoms with Gasteiger partial charge in [-0.25, -0.2) is 0 Å². The van der Waals surface area contributed by atoms with Crippen LogP contribution in [0.4, 0.5) is 0 Å². The molecule has 1 aliphatic heterocycles. The van der Waals surface area contributed by atoms with E-state index in [1.807, 2.05) is 36.4 Å². The molecule has 2 aromatic rings. The zero-order chi connectivity index (χ0) is 21.9. The largest absolute Gasteiger partial charge is 0.397 e. The number of nitrogens with zero attached hydrogens (tertiary/aromatic N) is 1. The SMILES string of the molecule is C#C[C@@H](C)[C@H]1O[N+]([O-])=C(CO[Si](c2ccccc2)(c2ccccc2)C(C)(C)C)[C@H]1O. The average Bonchev–Trinajstić information content (AvgIpc) is 3.02. The third kappa shape index (κ3) is 3.89. The Bertz CT molecular complexity index is 892. The predicted octanol–water partition coefficient (Wildman–Crippen LogP) is 2.46. The van der Waals surface area contributed by atoms with Crippen LogP contribution in [0.3, 0.4) is 0 Å². The number of aliphatic hydroxyl groups excluding tert-OH is 1. The maximum atomic E-state index is 12.4. The molecule has 0 fully saturated rings. The van der Waals surface area contributed by atoms with Crippen LogP contribution in [0.2, 0.25) is 5.04 Å². The fourth-order valence-electron chi connectivity index (χ4n) is 4.07. The highest BCUT2D eigenvalue weighted by Gasteiger charge is 2.52. The first-order valence-electron chi connectivity index (χ1n) is 10.1. The second kappa shape index (κ2) is 8.64. The molecule has 0 saturated heterocycles. The molecule has 30 heavy (non-hydrogen) atoms. The van der Waals surface area contributed by atoms with Crippen molar-refractivity contribution < 1.29 is 19.3 Å². The first-order chi connectivity index (χ1) is 14.2. The monoisotopic (exact) mass is 423 g/mol. The van der Waals surface area contributed by atoms with Crippen molar-refractivity contribution in [2.45, 2.75) is 44.9 Å². The molecule has 158 valence electrons. The Balaban J connectivity index is 2.03. The Morgan fingerprint density at radius 1 is 1.13 bits per heavy atom. The van der Waals surface area contributed by atoms with E-state index in [1.54, 1.807) is 6.92 Å². The van der Waals surface area contributed by atoms with Gasteiger partial charge in [0.05, 0.1) is 0 Å². The summed E-state index contributed by atoms with van der Waals surface area (Å²) in [5.41, 5.74) is 0.148. The van der Waals surface area contributed by atoms with E-state index in [2.05, 4.69) is 51.0 Å². The Morgan fingerprint density at radius 2 is 1.63 bits per heavy atom. The molecule has 0 aliphatic carbocycles. The highest BCUT2D eigenvalue weighted by atomic mass is 28.4. The summed E-state index contributed by atoms with van der Waals surface area (Å²) in [6.07, 6.45) is 3.58. The van der Waals surface area contributed by atoms with Gasteiger partial charge in [0.2, 0.25) is 0 Å². The smallest absolute Gasteiger partial charge is 0.275 e. The standard InChI is InChI=1S/C24H29NO4Si/c1-6-18(2)23-22(26)21(25(27)29-23)17-28-30(24(3,4)5,19-13-9-7-10-14-19)20-15-11-8-12-16-20/h1,7-16,18,22-23,26H,17H2,2-5H3/t18-,22-,23-/m1/s1. The van der Waals surface area contributed by atoms with E-state index in [1.165, 1.54) is 0 Å². The van der Waals surface area contributed by atoms with E-state index in [4.69, 9.17) is 15.7 Å². The molecule has 6 heteroatoms. The summed E-state index contributed by atoms with van der Waals surface area (Å²) >= 11 is 0. The molecular weight excluding hydrogens is 394 g/mol. The average molecular weight is 424 g/mol. The zero-order valence-electron chi connectivity index (χ0n) is 17.9. The molecule has 1 N–H and O–H groups in total. The Morgan fingerprint density at radius 3 is 2.07 bits per heavy atom. The third-order valence-corrected chi connectivity index (χ3v) is 10.7. The molecular formula is C24H29NO4Si. The van der Waals surface area contributed by atoms with Crippen LogP contribution < -0.4 is 10.4 Å². The fourth-order valence-corrected chi connectivity index (χ4v) is 8.59. The van der Waals surface area contributed by atoms with Crippen molar-refractivity contribution in [2.75, 3.05) is 6.61 Å². The first kappa shape index (κ1) is 22.1. The molecule has 0 bridgehead atoms. The number of terminal acetylenes is 1. The van der Waals surface area contributed by atoms with Crippen LogP contribution in [-0.2, 0) is 9.26 Å². The topological polar surface area (TPSA) is 64.8 Å². The number of hydrogen-bond acceptors (Lipinski definition) is 4. The number of hydrogen-bond donors (Lipinski definition) is 1. The highest BCUT2D eigenvalue weighted by Crippen LogP contribution is 2.37. The van der Waals surface area contributed by atoms with Crippen molar-refractivity contribution in [1.82, 2.24) is 0 Å². The molecule has 0 amide bonds. The summed E-state index contributed by atoms with van der Waals surface area (Å²) in [4.78, 5) is 5.66. The molecule has 0 spiro atoms. The van der Waals surface area contributed by atoms with E-state index >= 15 is 0 Å². The van der Waals surface area contributed by atoms with Crippen LogP contribution in [0, 0.1) is 23.5 Å². The lowest BCUT2D eigenvalue weighted by atomic mass is 9.98. The minimum Gasteiger partial charge on any atom is -0.397 e. The summed E-state index contributed by atoms with van der Waals surface area (Å²) < 4.78 is 6.72. The molecule has 0 unspecified atom stereocenters. The Kier molecular flexibility index (Phi) is 6.37. The van der Waals surface area contributed by atoms with E-state index in [0.29, 0.717) is 4.90 Å². The van der Waals surface area contributed by atoms with Gasteiger partial charge in [-0.1, -0.05) is 81.4 Å². The predicted molar refractivity (Wildman–Crippen MR) is 121 cm³/mol. The second-order valence-corrected chi connectivity index (χ2v) is 13.0. The van der Waals surface area contributed by atoms with E-state index in [0.717, 1.165) is 10.4 Å². The molecule has 1 aliphatic rings. The van der Waals surface area contributed by atoms with Gasteiger partial charge in [-0.05, 0) is 22.3 Å².